The Balaban J connectivity index is 2.49. The van der Waals surface area contributed by atoms with E-state index >= 15 is 0 Å². The van der Waals surface area contributed by atoms with E-state index in [0.29, 0.717) is 5.41 Å². The van der Waals surface area contributed by atoms with Crippen LogP contribution >= 0.6 is 0 Å². The first kappa shape index (κ1) is 12.0. The molecule has 1 rings (SSSR count). The highest BCUT2D eigenvalue weighted by atomic mass is 15.0. The summed E-state index contributed by atoms with van der Waals surface area (Å²) < 4.78 is 0. The SMILES string of the molecule is CCCC1(C)CCNC1CC(C)CC. The molecule has 3 unspecified atom stereocenters. The molecule has 0 bridgehead atoms. The Hall–Kier alpha value is -0.0400. The van der Waals surface area contributed by atoms with Crippen LogP contribution in [0.25, 0.3) is 0 Å². The third-order valence-corrected chi connectivity index (χ3v) is 4.08. The van der Waals surface area contributed by atoms with Gasteiger partial charge >= 0.3 is 0 Å². The molecule has 1 N–H and O–H groups in total. The van der Waals surface area contributed by atoms with Crippen LogP contribution in [0.15, 0.2) is 0 Å². The van der Waals surface area contributed by atoms with Crippen LogP contribution < -0.4 is 5.32 Å². The van der Waals surface area contributed by atoms with Crippen LogP contribution in [0.2, 0.25) is 0 Å². The lowest BCUT2D eigenvalue weighted by Crippen LogP contribution is -2.35. The van der Waals surface area contributed by atoms with Crippen molar-refractivity contribution in [3.63, 3.8) is 0 Å². The Kier molecular flexibility index (Phi) is 4.43. The van der Waals surface area contributed by atoms with Gasteiger partial charge in [-0.2, -0.15) is 0 Å². The zero-order valence-corrected chi connectivity index (χ0v) is 10.4. The van der Waals surface area contributed by atoms with Gasteiger partial charge in [0.15, 0.2) is 0 Å². The number of rotatable bonds is 5. The molecule has 0 aromatic carbocycles. The lowest BCUT2D eigenvalue weighted by atomic mass is 9.75. The monoisotopic (exact) mass is 197 g/mol. The summed E-state index contributed by atoms with van der Waals surface area (Å²) in [6.07, 6.45) is 6.78. The van der Waals surface area contributed by atoms with Crippen LogP contribution in [0.1, 0.15) is 59.8 Å². The number of nitrogens with one attached hydrogen (secondary N) is 1. The normalized spacial score (nSPS) is 34.7. The molecule has 1 aliphatic rings. The first-order valence-corrected chi connectivity index (χ1v) is 6.35. The fraction of sp³-hybridized carbons (Fsp3) is 1.00. The third-order valence-electron chi connectivity index (χ3n) is 4.08. The minimum atomic E-state index is 0.582. The predicted octanol–water partition coefficient (Wildman–Crippen LogP) is 3.59. The largest absolute Gasteiger partial charge is 0.313 e. The highest BCUT2D eigenvalue weighted by Gasteiger charge is 2.37. The smallest absolute Gasteiger partial charge is 0.0124 e. The van der Waals surface area contributed by atoms with E-state index in [1.807, 2.05) is 0 Å². The molecule has 14 heavy (non-hydrogen) atoms. The molecule has 0 radical (unpaired) electrons. The second kappa shape index (κ2) is 5.16. The molecule has 84 valence electrons. The van der Waals surface area contributed by atoms with Crippen molar-refractivity contribution in [2.75, 3.05) is 6.54 Å². The van der Waals surface area contributed by atoms with Gasteiger partial charge in [0.05, 0.1) is 0 Å². The summed E-state index contributed by atoms with van der Waals surface area (Å²) in [6, 6.07) is 0.775. The zero-order chi connectivity index (χ0) is 10.6. The van der Waals surface area contributed by atoms with Gasteiger partial charge in [-0.1, -0.05) is 40.5 Å². The Labute approximate surface area is 89.7 Å². The van der Waals surface area contributed by atoms with E-state index in [0.717, 1.165) is 12.0 Å². The van der Waals surface area contributed by atoms with Crippen molar-refractivity contribution in [2.24, 2.45) is 11.3 Å². The third kappa shape index (κ3) is 2.73. The molecule has 0 saturated carbocycles. The summed E-state index contributed by atoms with van der Waals surface area (Å²) in [7, 11) is 0. The van der Waals surface area contributed by atoms with Gasteiger partial charge in [-0.15, -0.1) is 0 Å². The molecule has 0 aromatic rings. The molecule has 3 atom stereocenters. The first-order valence-electron chi connectivity index (χ1n) is 6.35. The summed E-state index contributed by atoms with van der Waals surface area (Å²) in [5.41, 5.74) is 0.582. The molecule has 1 fully saturated rings. The van der Waals surface area contributed by atoms with Gasteiger partial charge in [-0.05, 0) is 37.1 Å². The highest BCUT2D eigenvalue weighted by Crippen LogP contribution is 2.38. The van der Waals surface area contributed by atoms with Crippen LogP contribution in [0.5, 0.6) is 0 Å². The lowest BCUT2D eigenvalue weighted by Gasteiger charge is -2.32. The predicted molar refractivity (Wildman–Crippen MR) is 63.5 cm³/mol. The standard InChI is InChI=1S/C13H27N/c1-5-7-13(4)8-9-14-12(13)10-11(3)6-2/h11-12,14H,5-10H2,1-4H3. The molecule has 0 amide bonds. The quantitative estimate of drug-likeness (QED) is 0.710. The minimum Gasteiger partial charge on any atom is -0.313 e. The second-order valence-corrected chi connectivity index (χ2v) is 5.41. The molecule has 0 aromatic heterocycles. The average molecular weight is 197 g/mol. The Bertz CT molecular complexity index is 167. The van der Waals surface area contributed by atoms with Crippen molar-refractivity contribution in [3.8, 4) is 0 Å². The van der Waals surface area contributed by atoms with E-state index in [-0.39, 0.29) is 0 Å². The van der Waals surface area contributed by atoms with Crippen LogP contribution in [0.3, 0.4) is 0 Å². The van der Waals surface area contributed by atoms with Gasteiger partial charge in [0, 0.05) is 6.04 Å². The molecule has 1 aliphatic heterocycles. The van der Waals surface area contributed by atoms with Crippen molar-refractivity contribution < 1.29 is 0 Å². The van der Waals surface area contributed by atoms with E-state index in [4.69, 9.17) is 0 Å². The van der Waals surface area contributed by atoms with E-state index in [9.17, 15) is 0 Å². The van der Waals surface area contributed by atoms with Gasteiger partial charge in [0.25, 0.3) is 0 Å². The van der Waals surface area contributed by atoms with Gasteiger partial charge in [0.2, 0.25) is 0 Å². The van der Waals surface area contributed by atoms with Crippen molar-refractivity contribution in [2.45, 2.75) is 65.8 Å². The highest BCUT2D eigenvalue weighted by molar-refractivity contribution is 4.94. The maximum absolute atomic E-state index is 3.70. The average Bonchev–Trinajstić information content (AvgIpc) is 2.48. The van der Waals surface area contributed by atoms with Gasteiger partial charge in [-0.25, -0.2) is 0 Å². The Morgan fingerprint density at radius 2 is 2.14 bits per heavy atom. The minimum absolute atomic E-state index is 0.582. The molecule has 0 spiro atoms. The lowest BCUT2D eigenvalue weighted by molar-refractivity contribution is 0.222. The fourth-order valence-electron chi connectivity index (χ4n) is 2.76. The molecule has 1 heteroatoms. The fourth-order valence-corrected chi connectivity index (χ4v) is 2.76. The van der Waals surface area contributed by atoms with E-state index < -0.39 is 0 Å². The van der Waals surface area contributed by atoms with Gasteiger partial charge in [0.1, 0.15) is 0 Å². The maximum Gasteiger partial charge on any atom is 0.0124 e. The molecule has 0 aliphatic carbocycles. The summed E-state index contributed by atoms with van der Waals surface area (Å²) >= 11 is 0. The molecule has 1 heterocycles. The maximum atomic E-state index is 3.70. The van der Waals surface area contributed by atoms with Gasteiger partial charge in [-0.3, -0.25) is 0 Å². The first-order chi connectivity index (χ1) is 6.62. The number of hydrogen-bond donors (Lipinski definition) is 1. The second-order valence-electron chi connectivity index (χ2n) is 5.41. The summed E-state index contributed by atoms with van der Waals surface area (Å²) in [5, 5.41) is 3.70. The summed E-state index contributed by atoms with van der Waals surface area (Å²) in [4.78, 5) is 0. The van der Waals surface area contributed by atoms with E-state index in [1.165, 1.54) is 38.6 Å². The van der Waals surface area contributed by atoms with Crippen LogP contribution in [-0.4, -0.2) is 12.6 Å². The van der Waals surface area contributed by atoms with Crippen LogP contribution in [-0.2, 0) is 0 Å². The van der Waals surface area contributed by atoms with Crippen molar-refractivity contribution in [3.05, 3.63) is 0 Å². The van der Waals surface area contributed by atoms with Crippen molar-refractivity contribution in [1.82, 2.24) is 5.32 Å². The van der Waals surface area contributed by atoms with Gasteiger partial charge < -0.3 is 5.32 Å². The zero-order valence-electron chi connectivity index (χ0n) is 10.4. The van der Waals surface area contributed by atoms with Crippen LogP contribution in [0, 0.1) is 11.3 Å². The summed E-state index contributed by atoms with van der Waals surface area (Å²) in [5.74, 6) is 0.877. The molecule has 1 saturated heterocycles. The topological polar surface area (TPSA) is 12.0 Å². The molecular formula is C13H27N. The van der Waals surface area contributed by atoms with Crippen LogP contribution in [0.4, 0.5) is 0 Å². The van der Waals surface area contributed by atoms with Crippen molar-refractivity contribution >= 4 is 0 Å². The Morgan fingerprint density at radius 1 is 1.43 bits per heavy atom. The van der Waals surface area contributed by atoms with Crippen molar-refractivity contribution in [1.29, 1.82) is 0 Å². The molecular weight excluding hydrogens is 170 g/mol. The molecule has 1 nitrogen and oxygen atoms in total. The van der Waals surface area contributed by atoms with E-state index in [2.05, 4.69) is 33.0 Å². The van der Waals surface area contributed by atoms with E-state index in [1.54, 1.807) is 0 Å². The Morgan fingerprint density at radius 3 is 2.71 bits per heavy atom. The number of hydrogen-bond acceptors (Lipinski definition) is 1. The summed E-state index contributed by atoms with van der Waals surface area (Å²) in [6.45, 7) is 10.7.